The maximum Gasteiger partial charge on any atom is 0.271 e. The van der Waals surface area contributed by atoms with E-state index in [0.717, 1.165) is 0 Å². The van der Waals surface area contributed by atoms with Gasteiger partial charge in [0.05, 0.1) is 0 Å². The number of carbonyl (C=O) groups excluding carboxylic acids is 1. The predicted octanol–water partition coefficient (Wildman–Crippen LogP) is 2.20. The fourth-order valence-corrected chi connectivity index (χ4v) is 2.50. The molecule has 3 N–H and O–H groups in total. The summed E-state index contributed by atoms with van der Waals surface area (Å²) in [5.41, 5.74) is 7.09. The number of para-hydroxylation sites is 1. The van der Waals surface area contributed by atoms with Gasteiger partial charge >= 0.3 is 0 Å². The summed E-state index contributed by atoms with van der Waals surface area (Å²) in [5, 5.41) is 14.1. The second-order valence-electron chi connectivity index (χ2n) is 5.58. The molecule has 2 aromatic carbocycles. The molecular weight excluding hydrogens is 348 g/mol. The standard InChI is InChI=1S/C18H14N6O3/c19-17(25)16-15(21-24-22-16)11-5-4-6-12(9-11)18-20-14(27-23-18)10-26-13-7-2-1-3-8-13/h1-9H,10H2,(H2,19,25)(H,21,22,24). The van der Waals surface area contributed by atoms with Gasteiger partial charge in [0.15, 0.2) is 12.3 Å². The van der Waals surface area contributed by atoms with E-state index in [9.17, 15) is 4.79 Å². The van der Waals surface area contributed by atoms with E-state index in [-0.39, 0.29) is 12.3 Å². The van der Waals surface area contributed by atoms with Crippen LogP contribution < -0.4 is 10.5 Å². The summed E-state index contributed by atoms with van der Waals surface area (Å²) >= 11 is 0. The number of aromatic amines is 1. The largest absolute Gasteiger partial charge is 0.484 e. The first-order chi connectivity index (χ1) is 13.2. The lowest BCUT2D eigenvalue weighted by atomic mass is 10.1. The second kappa shape index (κ2) is 7.08. The van der Waals surface area contributed by atoms with Crippen LogP contribution in [0.4, 0.5) is 0 Å². The molecule has 4 aromatic rings. The molecule has 0 spiro atoms. The first kappa shape index (κ1) is 16.5. The third kappa shape index (κ3) is 3.52. The number of rotatable bonds is 6. The molecule has 0 aliphatic carbocycles. The Kier molecular flexibility index (Phi) is 4.32. The third-order valence-electron chi connectivity index (χ3n) is 3.75. The summed E-state index contributed by atoms with van der Waals surface area (Å²) in [6.07, 6.45) is 0. The minimum atomic E-state index is -0.663. The topological polar surface area (TPSA) is 133 Å². The van der Waals surface area contributed by atoms with E-state index in [0.29, 0.717) is 34.3 Å². The Morgan fingerprint density at radius 1 is 1.07 bits per heavy atom. The van der Waals surface area contributed by atoms with Crippen molar-refractivity contribution in [2.45, 2.75) is 6.61 Å². The van der Waals surface area contributed by atoms with E-state index < -0.39 is 5.91 Å². The van der Waals surface area contributed by atoms with Crippen molar-refractivity contribution in [3.63, 3.8) is 0 Å². The number of primary amides is 1. The number of hydrogen-bond acceptors (Lipinski definition) is 7. The number of nitrogens with two attached hydrogens (primary N) is 1. The zero-order valence-electron chi connectivity index (χ0n) is 14.0. The molecule has 27 heavy (non-hydrogen) atoms. The van der Waals surface area contributed by atoms with Crippen molar-refractivity contribution in [2.24, 2.45) is 5.73 Å². The van der Waals surface area contributed by atoms with Gasteiger partial charge in [-0.25, -0.2) is 0 Å². The number of benzene rings is 2. The average molecular weight is 362 g/mol. The van der Waals surface area contributed by atoms with E-state index in [1.54, 1.807) is 18.2 Å². The number of hydrogen-bond donors (Lipinski definition) is 2. The molecule has 0 radical (unpaired) electrons. The van der Waals surface area contributed by atoms with E-state index in [1.807, 2.05) is 36.4 Å². The molecule has 0 fully saturated rings. The van der Waals surface area contributed by atoms with Crippen LogP contribution in [0.2, 0.25) is 0 Å². The lowest BCUT2D eigenvalue weighted by molar-refractivity contribution is 0.0996. The van der Waals surface area contributed by atoms with Gasteiger partial charge < -0.3 is 15.0 Å². The molecule has 2 heterocycles. The summed E-state index contributed by atoms with van der Waals surface area (Å²) < 4.78 is 10.8. The van der Waals surface area contributed by atoms with Gasteiger partial charge in [-0.15, -0.1) is 0 Å². The van der Waals surface area contributed by atoms with Crippen LogP contribution in [0.3, 0.4) is 0 Å². The van der Waals surface area contributed by atoms with E-state index in [2.05, 4.69) is 25.6 Å². The molecule has 0 aliphatic heterocycles. The van der Waals surface area contributed by atoms with Gasteiger partial charge in [-0.05, 0) is 18.2 Å². The van der Waals surface area contributed by atoms with E-state index in [1.165, 1.54) is 0 Å². The van der Waals surface area contributed by atoms with Gasteiger partial charge in [0.25, 0.3) is 11.8 Å². The minimum absolute atomic E-state index is 0.0669. The van der Waals surface area contributed by atoms with Crippen molar-refractivity contribution in [1.29, 1.82) is 0 Å². The quantitative estimate of drug-likeness (QED) is 0.537. The zero-order valence-corrected chi connectivity index (χ0v) is 14.0. The minimum Gasteiger partial charge on any atom is -0.484 e. The van der Waals surface area contributed by atoms with Crippen molar-refractivity contribution in [3.05, 3.63) is 66.2 Å². The first-order valence-corrected chi connectivity index (χ1v) is 8.02. The van der Waals surface area contributed by atoms with Crippen molar-refractivity contribution >= 4 is 5.91 Å². The zero-order chi connectivity index (χ0) is 18.6. The fourth-order valence-electron chi connectivity index (χ4n) is 2.50. The average Bonchev–Trinajstić information content (AvgIpc) is 3.37. The van der Waals surface area contributed by atoms with E-state index in [4.69, 9.17) is 15.0 Å². The van der Waals surface area contributed by atoms with Gasteiger partial charge in [-0.2, -0.15) is 20.4 Å². The second-order valence-corrected chi connectivity index (χ2v) is 5.58. The molecule has 0 saturated heterocycles. The Morgan fingerprint density at radius 3 is 2.70 bits per heavy atom. The number of ether oxygens (including phenoxy) is 1. The van der Waals surface area contributed by atoms with Crippen LogP contribution in [0.5, 0.6) is 5.75 Å². The van der Waals surface area contributed by atoms with Gasteiger partial charge in [-0.1, -0.05) is 41.6 Å². The number of nitrogens with one attached hydrogen (secondary N) is 1. The van der Waals surface area contributed by atoms with Crippen molar-refractivity contribution in [2.75, 3.05) is 0 Å². The first-order valence-electron chi connectivity index (χ1n) is 8.02. The number of nitrogens with zero attached hydrogens (tertiary/aromatic N) is 4. The summed E-state index contributed by atoms with van der Waals surface area (Å²) in [5.74, 6) is 0.791. The van der Waals surface area contributed by atoms with Crippen LogP contribution in [0.25, 0.3) is 22.6 Å². The highest BCUT2D eigenvalue weighted by Gasteiger charge is 2.17. The summed E-state index contributed by atoms with van der Waals surface area (Å²) in [6, 6.07) is 16.5. The lowest BCUT2D eigenvalue weighted by Gasteiger charge is -2.01. The number of aromatic nitrogens is 5. The highest BCUT2D eigenvalue weighted by molar-refractivity contribution is 5.96. The number of amides is 1. The molecule has 0 atom stereocenters. The van der Waals surface area contributed by atoms with Crippen LogP contribution in [0, 0.1) is 0 Å². The summed E-state index contributed by atoms with van der Waals surface area (Å²) in [7, 11) is 0. The summed E-state index contributed by atoms with van der Waals surface area (Å²) in [4.78, 5) is 15.8. The molecule has 0 bridgehead atoms. The Bertz CT molecular complexity index is 1070. The molecular formula is C18H14N6O3. The Morgan fingerprint density at radius 2 is 1.89 bits per heavy atom. The smallest absolute Gasteiger partial charge is 0.271 e. The van der Waals surface area contributed by atoms with Crippen molar-refractivity contribution < 1.29 is 14.1 Å². The molecule has 9 nitrogen and oxygen atoms in total. The van der Waals surface area contributed by atoms with E-state index >= 15 is 0 Å². The number of carbonyl (C=O) groups is 1. The van der Waals surface area contributed by atoms with Crippen molar-refractivity contribution in [3.8, 4) is 28.4 Å². The normalized spacial score (nSPS) is 10.7. The molecule has 0 unspecified atom stereocenters. The SMILES string of the molecule is NC(=O)c1n[nH]nc1-c1cccc(-c2noc(COc3ccccc3)n2)c1. The highest BCUT2D eigenvalue weighted by atomic mass is 16.5. The maximum atomic E-state index is 11.4. The van der Waals surface area contributed by atoms with Gasteiger partial charge in [-0.3, -0.25) is 4.79 Å². The molecule has 0 saturated carbocycles. The molecule has 1 amide bonds. The Balaban J connectivity index is 1.55. The van der Waals surface area contributed by atoms with Gasteiger partial charge in [0.1, 0.15) is 11.4 Å². The summed E-state index contributed by atoms with van der Waals surface area (Å²) in [6.45, 7) is 0.159. The van der Waals surface area contributed by atoms with Crippen LogP contribution in [-0.2, 0) is 6.61 Å². The monoisotopic (exact) mass is 362 g/mol. The maximum absolute atomic E-state index is 11.4. The molecule has 0 aliphatic rings. The third-order valence-corrected chi connectivity index (χ3v) is 3.75. The van der Waals surface area contributed by atoms with Gasteiger partial charge in [0.2, 0.25) is 5.82 Å². The highest BCUT2D eigenvalue weighted by Crippen LogP contribution is 2.25. The molecule has 134 valence electrons. The van der Waals surface area contributed by atoms with Crippen LogP contribution in [-0.4, -0.2) is 31.5 Å². The molecule has 2 aromatic heterocycles. The lowest BCUT2D eigenvalue weighted by Crippen LogP contribution is -2.12. The van der Waals surface area contributed by atoms with Crippen LogP contribution >= 0.6 is 0 Å². The van der Waals surface area contributed by atoms with Gasteiger partial charge in [0, 0.05) is 11.1 Å². The number of H-pyrrole nitrogens is 1. The Hall–Kier alpha value is -4.01. The molecule has 4 rings (SSSR count). The predicted molar refractivity (Wildman–Crippen MR) is 94.4 cm³/mol. The van der Waals surface area contributed by atoms with Crippen molar-refractivity contribution in [1.82, 2.24) is 25.6 Å². The van der Waals surface area contributed by atoms with Crippen LogP contribution in [0.15, 0.2) is 59.1 Å². The van der Waals surface area contributed by atoms with Crippen LogP contribution in [0.1, 0.15) is 16.4 Å². The molecule has 9 heteroatoms. The fraction of sp³-hybridized carbons (Fsp3) is 0.0556. The Labute approximate surface area is 153 Å².